The van der Waals surface area contributed by atoms with Crippen LogP contribution < -0.4 is 5.73 Å². The van der Waals surface area contributed by atoms with E-state index in [-0.39, 0.29) is 35.4 Å². The van der Waals surface area contributed by atoms with Crippen molar-refractivity contribution in [1.82, 2.24) is 9.78 Å². The Balaban J connectivity index is 1.73. The molecular weight excluding hydrogens is 472 g/mol. The summed E-state index contributed by atoms with van der Waals surface area (Å²) in [5.41, 5.74) is 2.66. The summed E-state index contributed by atoms with van der Waals surface area (Å²) in [7, 11) is 2.89. The number of aliphatic hydroxyl groups excluding tert-OH is 2. The second-order valence-corrected chi connectivity index (χ2v) is 9.01. The summed E-state index contributed by atoms with van der Waals surface area (Å²) >= 11 is 0. The smallest absolute Gasteiger partial charge is 0.256 e. The van der Waals surface area contributed by atoms with E-state index in [0.29, 0.717) is 16.7 Å². The molecule has 186 valence electrons. The third kappa shape index (κ3) is 2.94. The van der Waals surface area contributed by atoms with Gasteiger partial charge in [-0.3, -0.25) is 19.1 Å². The number of Topliss-reactive ketones (excluding diaryl/α,β-unsaturated/α-hetero) is 2. The van der Waals surface area contributed by atoms with Crippen molar-refractivity contribution in [3.05, 3.63) is 52.6 Å². The van der Waals surface area contributed by atoms with Crippen LogP contribution in [-0.4, -0.2) is 66.1 Å². The number of fused-ring (bicyclic) bond motifs is 3. The second kappa shape index (κ2) is 7.78. The number of aryl methyl sites for hydroxylation is 1. The van der Waals surface area contributed by atoms with Gasteiger partial charge in [-0.25, -0.2) is 0 Å². The Labute approximate surface area is 203 Å². The van der Waals surface area contributed by atoms with Crippen LogP contribution in [0, 0.1) is 11.8 Å². The highest BCUT2D eigenvalue weighted by Crippen LogP contribution is 2.51. The third-order valence-electron chi connectivity index (χ3n) is 7.09. The van der Waals surface area contributed by atoms with Crippen LogP contribution >= 0.6 is 0 Å². The van der Waals surface area contributed by atoms with Crippen molar-refractivity contribution in [2.45, 2.75) is 18.4 Å². The maximum absolute atomic E-state index is 13.7. The van der Waals surface area contributed by atoms with Gasteiger partial charge in [0.15, 0.2) is 11.4 Å². The maximum Gasteiger partial charge on any atom is 0.256 e. The van der Waals surface area contributed by atoms with Crippen LogP contribution in [0.2, 0.25) is 0 Å². The molecule has 12 nitrogen and oxygen atoms in total. The largest absolute Gasteiger partial charge is 0.507 e. The zero-order valence-electron chi connectivity index (χ0n) is 19.2. The number of aromatic hydroxyl groups is 1. The molecule has 3 aliphatic carbocycles. The molecule has 3 aliphatic rings. The molecule has 6 N–H and O–H groups in total. The fourth-order valence-electron chi connectivity index (χ4n) is 5.53. The highest BCUT2D eigenvalue weighted by Gasteiger charge is 2.64. The van der Waals surface area contributed by atoms with E-state index in [4.69, 9.17) is 10.6 Å². The number of nitrogens with zero attached hydrogens (tertiary/aromatic N) is 3. The molecule has 36 heavy (non-hydrogen) atoms. The number of hydrogen-bond donors (Lipinski definition) is 5. The molecular formula is C24H22N4O8. The van der Waals surface area contributed by atoms with Gasteiger partial charge >= 0.3 is 0 Å². The van der Waals surface area contributed by atoms with Gasteiger partial charge in [0.2, 0.25) is 11.6 Å². The van der Waals surface area contributed by atoms with E-state index in [1.54, 1.807) is 30.2 Å². The Morgan fingerprint density at radius 1 is 1.22 bits per heavy atom. The first-order valence-electron chi connectivity index (χ1n) is 11.0. The van der Waals surface area contributed by atoms with Gasteiger partial charge in [-0.1, -0.05) is 11.2 Å². The molecule has 1 amide bonds. The molecule has 1 aromatic carbocycles. The van der Waals surface area contributed by atoms with E-state index in [1.165, 1.54) is 6.07 Å². The third-order valence-corrected chi connectivity index (χ3v) is 7.09. The minimum absolute atomic E-state index is 0.000516. The van der Waals surface area contributed by atoms with Crippen molar-refractivity contribution in [3.63, 3.8) is 0 Å². The lowest BCUT2D eigenvalue weighted by molar-refractivity contribution is -0.153. The molecule has 0 radical (unpaired) electrons. The highest BCUT2D eigenvalue weighted by molar-refractivity contribution is 6.38. The molecule has 3 atom stereocenters. The summed E-state index contributed by atoms with van der Waals surface area (Å²) in [5.74, 6) is -7.80. The zero-order valence-corrected chi connectivity index (χ0v) is 19.2. The topological polar surface area (TPSA) is 198 Å². The number of rotatable bonds is 3. The number of aromatic nitrogens is 2. The second-order valence-electron chi connectivity index (χ2n) is 9.01. The van der Waals surface area contributed by atoms with Crippen molar-refractivity contribution in [2.24, 2.45) is 29.8 Å². The van der Waals surface area contributed by atoms with Crippen LogP contribution in [0.1, 0.15) is 17.5 Å². The van der Waals surface area contributed by atoms with Crippen molar-refractivity contribution in [3.8, 4) is 16.9 Å². The monoisotopic (exact) mass is 494 g/mol. The molecule has 1 heterocycles. The SMILES string of the molecule is CO/N=C1\C(O)=C(C(N)=O)C(=O)[C@@]2(O)C(=O)C3=C(O)c4c(O)ccc(-c5cnn(C)c5)c4C[C@H]3C[C@@H]12. The summed E-state index contributed by atoms with van der Waals surface area (Å²) in [6.07, 6.45) is 3.40. The molecule has 0 unspecified atom stereocenters. The summed E-state index contributed by atoms with van der Waals surface area (Å²) < 4.78 is 1.59. The number of oxime groups is 1. The van der Waals surface area contributed by atoms with Crippen LogP contribution in [0.5, 0.6) is 5.75 Å². The molecule has 2 aromatic rings. The average molecular weight is 494 g/mol. The normalized spacial score (nSPS) is 26.6. The van der Waals surface area contributed by atoms with Gasteiger partial charge in [0.25, 0.3) is 5.91 Å². The number of phenolic OH excluding ortho intramolecular Hbond substituents is 1. The summed E-state index contributed by atoms with van der Waals surface area (Å²) in [6.45, 7) is 0. The van der Waals surface area contributed by atoms with E-state index >= 15 is 0 Å². The van der Waals surface area contributed by atoms with Crippen molar-refractivity contribution in [1.29, 1.82) is 0 Å². The predicted molar refractivity (Wildman–Crippen MR) is 123 cm³/mol. The molecule has 1 fully saturated rings. The van der Waals surface area contributed by atoms with E-state index in [0.717, 1.165) is 7.11 Å². The molecule has 12 heteroatoms. The molecule has 1 saturated carbocycles. The van der Waals surface area contributed by atoms with Crippen molar-refractivity contribution in [2.75, 3.05) is 7.11 Å². The Morgan fingerprint density at radius 3 is 2.56 bits per heavy atom. The lowest BCUT2D eigenvalue weighted by Crippen LogP contribution is -2.64. The van der Waals surface area contributed by atoms with E-state index < -0.39 is 52.0 Å². The standard InChI is InChI=1S/C24H22N4O8/c1-28-8-10(7-26-28)11-3-4-14(29)16-12(11)5-9-6-13-18(27-36-2)20(31)17(23(25)34)22(33)24(13,35)21(32)15(9)19(16)30/h3-4,7-9,13,29-31,35H,5-6H2,1-2H3,(H2,25,34)/b27-18-/t9-,13-,24-/m0/s1. The van der Waals surface area contributed by atoms with Crippen LogP contribution in [-0.2, 0) is 32.7 Å². The van der Waals surface area contributed by atoms with Gasteiger partial charge in [0, 0.05) is 24.4 Å². The first kappa shape index (κ1) is 23.3. The molecule has 0 saturated heterocycles. The average Bonchev–Trinajstić information content (AvgIpc) is 3.24. The molecule has 0 aliphatic heterocycles. The van der Waals surface area contributed by atoms with Gasteiger partial charge in [-0.2, -0.15) is 5.10 Å². The van der Waals surface area contributed by atoms with Gasteiger partial charge in [0.05, 0.1) is 17.7 Å². The molecule has 1 aromatic heterocycles. The molecule has 5 rings (SSSR count). The quantitative estimate of drug-likeness (QED) is 0.228. The van der Waals surface area contributed by atoms with Gasteiger partial charge < -0.3 is 31.0 Å². The fraction of sp³-hybridized carbons (Fsp3) is 0.292. The number of nitrogens with two attached hydrogens (primary N) is 1. The maximum atomic E-state index is 13.7. The zero-order chi connectivity index (χ0) is 26.1. The number of ketones is 2. The van der Waals surface area contributed by atoms with Crippen LogP contribution in [0.4, 0.5) is 0 Å². The highest BCUT2D eigenvalue weighted by atomic mass is 16.6. The van der Waals surface area contributed by atoms with Crippen molar-refractivity contribution >= 4 is 28.9 Å². The minimum Gasteiger partial charge on any atom is -0.507 e. The number of primary amides is 1. The number of hydrogen-bond acceptors (Lipinski definition) is 10. The lowest BCUT2D eigenvalue weighted by Gasteiger charge is -2.45. The first-order valence-corrected chi connectivity index (χ1v) is 11.0. The molecule has 0 bridgehead atoms. The number of carbonyl (C=O) groups excluding carboxylic acids is 3. The van der Waals surface area contributed by atoms with E-state index in [9.17, 15) is 34.8 Å². The number of phenols is 1. The van der Waals surface area contributed by atoms with Gasteiger partial charge in [-0.15, -0.1) is 0 Å². The Bertz CT molecular complexity index is 1470. The Morgan fingerprint density at radius 2 is 1.94 bits per heavy atom. The lowest BCUT2D eigenvalue weighted by atomic mass is 9.58. The van der Waals surface area contributed by atoms with Crippen LogP contribution in [0.15, 0.2) is 46.6 Å². The van der Waals surface area contributed by atoms with E-state index in [1.807, 2.05) is 0 Å². The number of aliphatic hydroxyl groups is 3. The number of allylic oxidation sites excluding steroid dienone is 1. The van der Waals surface area contributed by atoms with Crippen LogP contribution in [0.3, 0.4) is 0 Å². The summed E-state index contributed by atoms with van der Waals surface area (Å²) in [5, 5.41) is 51.7. The van der Waals surface area contributed by atoms with E-state index in [2.05, 4.69) is 10.3 Å². The number of amides is 1. The van der Waals surface area contributed by atoms with Crippen LogP contribution in [0.25, 0.3) is 16.9 Å². The van der Waals surface area contributed by atoms with Crippen molar-refractivity contribution < 1.29 is 39.6 Å². The summed E-state index contributed by atoms with van der Waals surface area (Å²) in [4.78, 5) is 43.6. The van der Waals surface area contributed by atoms with Gasteiger partial charge in [-0.05, 0) is 36.0 Å². The number of benzene rings is 1. The predicted octanol–water partition coefficient (Wildman–Crippen LogP) is 0.437. The minimum atomic E-state index is -2.87. The first-order chi connectivity index (χ1) is 17.0. The Kier molecular flexibility index (Phi) is 5.04. The number of carbonyl (C=O) groups is 3. The summed E-state index contributed by atoms with van der Waals surface area (Å²) in [6, 6.07) is 3.03. The fourth-order valence-corrected chi connectivity index (χ4v) is 5.53. The van der Waals surface area contributed by atoms with Gasteiger partial charge in [0.1, 0.15) is 29.9 Å². The molecule has 0 spiro atoms. The Hall–Kier alpha value is -4.45.